The van der Waals surface area contributed by atoms with E-state index in [0.29, 0.717) is 22.6 Å². The normalized spacial score (nSPS) is 10.6. The Labute approximate surface area is 135 Å². The maximum Gasteiger partial charge on any atom is 0.160 e. The molecule has 0 aliphatic rings. The number of methoxy groups -OCH3 is 2. The maximum absolute atomic E-state index is 9.82. The lowest BCUT2D eigenvalue weighted by atomic mass is 9.98. The third-order valence-electron chi connectivity index (χ3n) is 3.86. The minimum absolute atomic E-state index is 0.120. The number of rotatable bonds is 7. The average Bonchev–Trinajstić information content (AvgIpc) is 2.58. The number of aryl methyl sites for hydroxylation is 2. The lowest BCUT2D eigenvalue weighted by Gasteiger charge is -2.14. The van der Waals surface area contributed by atoms with Crippen LogP contribution in [0.4, 0.5) is 0 Å². The van der Waals surface area contributed by atoms with E-state index in [1.54, 1.807) is 19.2 Å². The van der Waals surface area contributed by atoms with Crippen molar-refractivity contribution in [2.45, 2.75) is 26.1 Å². The number of phenolic OH excluding ortho intramolecular Hbond substituents is 1. The van der Waals surface area contributed by atoms with Gasteiger partial charge in [-0.25, -0.2) is 0 Å². The topological polar surface area (TPSA) is 79.2 Å². The first-order valence-corrected chi connectivity index (χ1v) is 7.39. The van der Waals surface area contributed by atoms with Crippen LogP contribution in [-0.2, 0) is 26.1 Å². The van der Waals surface area contributed by atoms with E-state index in [0.717, 1.165) is 24.0 Å². The van der Waals surface area contributed by atoms with Crippen LogP contribution in [0.2, 0.25) is 0 Å². The first-order chi connectivity index (χ1) is 11.1. The molecule has 0 aliphatic carbocycles. The fourth-order valence-electron chi connectivity index (χ4n) is 2.59. The van der Waals surface area contributed by atoms with Crippen molar-refractivity contribution in [2.75, 3.05) is 14.2 Å². The monoisotopic (exact) mass is 318 g/mol. The minimum atomic E-state index is -0.175. The van der Waals surface area contributed by atoms with Gasteiger partial charge in [-0.15, -0.1) is 0 Å². The Morgan fingerprint density at radius 2 is 1.52 bits per heavy atom. The lowest BCUT2D eigenvalue weighted by molar-refractivity contribution is 0.254. The van der Waals surface area contributed by atoms with Gasteiger partial charge in [-0.2, -0.15) is 0 Å². The molecule has 5 heteroatoms. The molecule has 124 valence electrons. The van der Waals surface area contributed by atoms with Gasteiger partial charge in [0.25, 0.3) is 0 Å². The molecule has 0 aliphatic heterocycles. The van der Waals surface area contributed by atoms with Crippen molar-refractivity contribution in [3.05, 3.63) is 52.6 Å². The summed E-state index contributed by atoms with van der Waals surface area (Å²) in [6, 6.07) is 9.07. The quantitative estimate of drug-likeness (QED) is 0.729. The van der Waals surface area contributed by atoms with Crippen LogP contribution in [0, 0.1) is 0 Å². The molecule has 0 radical (unpaired) electrons. The summed E-state index contributed by atoms with van der Waals surface area (Å²) in [4.78, 5) is 0. The second-order valence-electron chi connectivity index (χ2n) is 5.26. The van der Waals surface area contributed by atoms with Gasteiger partial charge < -0.3 is 24.8 Å². The zero-order valence-corrected chi connectivity index (χ0v) is 13.4. The first-order valence-electron chi connectivity index (χ1n) is 7.39. The summed E-state index contributed by atoms with van der Waals surface area (Å²) in [6.07, 6.45) is 1.45. The van der Waals surface area contributed by atoms with E-state index in [-0.39, 0.29) is 19.0 Å². The third-order valence-corrected chi connectivity index (χ3v) is 3.86. The number of ether oxygens (including phenoxy) is 2. The molecular formula is C18H22O5. The van der Waals surface area contributed by atoms with Gasteiger partial charge in [0.15, 0.2) is 11.5 Å². The number of aliphatic hydroxyl groups is 2. The number of hydrogen-bond acceptors (Lipinski definition) is 5. The maximum atomic E-state index is 9.82. The van der Waals surface area contributed by atoms with Crippen LogP contribution in [0.5, 0.6) is 17.2 Å². The van der Waals surface area contributed by atoms with E-state index in [4.69, 9.17) is 9.47 Å². The molecule has 0 amide bonds. The number of hydrogen-bond donors (Lipinski definition) is 3. The van der Waals surface area contributed by atoms with E-state index in [9.17, 15) is 15.3 Å². The molecule has 0 atom stereocenters. The highest BCUT2D eigenvalue weighted by molar-refractivity contribution is 5.45. The molecule has 0 saturated heterocycles. The van der Waals surface area contributed by atoms with Crippen molar-refractivity contribution in [1.29, 1.82) is 0 Å². The smallest absolute Gasteiger partial charge is 0.160 e. The highest BCUT2D eigenvalue weighted by atomic mass is 16.5. The molecule has 0 bridgehead atoms. The molecule has 23 heavy (non-hydrogen) atoms. The Kier molecular flexibility index (Phi) is 5.84. The number of benzene rings is 2. The van der Waals surface area contributed by atoms with Crippen LogP contribution < -0.4 is 9.47 Å². The van der Waals surface area contributed by atoms with Gasteiger partial charge in [0.1, 0.15) is 5.75 Å². The van der Waals surface area contributed by atoms with Gasteiger partial charge in [-0.1, -0.05) is 12.1 Å². The van der Waals surface area contributed by atoms with Gasteiger partial charge in [0.05, 0.1) is 27.4 Å². The Morgan fingerprint density at radius 1 is 0.826 bits per heavy atom. The van der Waals surface area contributed by atoms with Gasteiger partial charge in [0, 0.05) is 5.56 Å². The van der Waals surface area contributed by atoms with Crippen LogP contribution in [0.1, 0.15) is 22.3 Å². The van der Waals surface area contributed by atoms with E-state index < -0.39 is 0 Å². The zero-order chi connectivity index (χ0) is 16.8. The van der Waals surface area contributed by atoms with Crippen molar-refractivity contribution in [1.82, 2.24) is 0 Å². The van der Waals surface area contributed by atoms with E-state index in [1.165, 1.54) is 7.11 Å². The molecular weight excluding hydrogens is 296 g/mol. The van der Waals surface area contributed by atoms with Crippen molar-refractivity contribution in [2.24, 2.45) is 0 Å². The number of aliphatic hydroxyl groups excluding tert-OH is 2. The van der Waals surface area contributed by atoms with Gasteiger partial charge in [-0.05, 0) is 47.7 Å². The second-order valence-corrected chi connectivity index (χ2v) is 5.26. The summed E-state index contributed by atoms with van der Waals surface area (Å²) >= 11 is 0. The summed E-state index contributed by atoms with van der Waals surface area (Å²) < 4.78 is 10.3. The Hall–Kier alpha value is -2.24. The largest absolute Gasteiger partial charge is 0.504 e. The minimum Gasteiger partial charge on any atom is -0.504 e. The molecule has 2 aromatic carbocycles. The summed E-state index contributed by atoms with van der Waals surface area (Å²) in [6.45, 7) is -0.324. The first kappa shape index (κ1) is 17.1. The van der Waals surface area contributed by atoms with Gasteiger partial charge in [0.2, 0.25) is 0 Å². The van der Waals surface area contributed by atoms with Crippen LogP contribution in [0.15, 0.2) is 30.3 Å². The molecule has 5 nitrogen and oxygen atoms in total. The van der Waals surface area contributed by atoms with Crippen LogP contribution in [0.3, 0.4) is 0 Å². The van der Waals surface area contributed by atoms with Crippen LogP contribution in [-0.4, -0.2) is 29.5 Å². The zero-order valence-electron chi connectivity index (χ0n) is 13.4. The van der Waals surface area contributed by atoms with Gasteiger partial charge >= 0.3 is 0 Å². The van der Waals surface area contributed by atoms with Crippen molar-refractivity contribution < 1.29 is 24.8 Å². The molecule has 0 aromatic heterocycles. The second kappa shape index (κ2) is 7.85. The Bertz CT molecular complexity index is 641. The van der Waals surface area contributed by atoms with E-state index in [1.807, 2.05) is 18.2 Å². The third kappa shape index (κ3) is 3.94. The predicted octanol–water partition coefficient (Wildman–Crippen LogP) is 2.18. The molecule has 2 rings (SSSR count). The standard InChI is InChI=1S/C18H22O5/c1-22-17-6-5-12(8-16(17)21)3-4-13-7-14(10-19)15(11-20)18(9-13)23-2/h5-9,19-21H,3-4,10-11H2,1-2H3. The molecule has 0 saturated carbocycles. The van der Waals surface area contributed by atoms with E-state index >= 15 is 0 Å². The predicted molar refractivity (Wildman–Crippen MR) is 86.9 cm³/mol. The molecule has 0 heterocycles. The Balaban J connectivity index is 2.18. The summed E-state index contributed by atoms with van der Waals surface area (Å²) in [5.74, 6) is 1.14. The lowest BCUT2D eigenvalue weighted by Crippen LogP contribution is -2.02. The molecule has 3 N–H and O–H groups in total. The average molecular weight is 318 g/mol. The SMILES string of the molecule is COc1ccc(CCc2cc(CO)c(CO)c(OC)c2)cc1O. The Morgan fingerprint density at radius 3 is 2.09 bits per heavy atom. The summed E-state index contributed by atoms with van der Waals surface area (Å²) in [5.41, 5.74) is 3.26. The summed E-state index contributed by atoms with van der Waals surface area (Å²) in [5, 5.41) is 28.7. The fraction of sp³-hybridized carbons (Fsp3) is 0.333. The number of phenols is 1. The molecule has 0 unspecified atom stereocenters. The fourth-order valence-corrected chi connectivity index (χ4v) is 2.59. The van der Waals surface area contributed by atoms with Crippen molar-refractivity contribution >= 4 is 0 Å². The van der Waals surface area contributed by atoms with Crippen molar-refractivity contribution in [3.8, 4) is 17.2 Å². The molecule has 0 fully saturated rings. The van der Waals surface area contributed by atoms with Crippen LogP contribution in [0.25, 0.3) is 0 Å². The highest BCUT2D eigenvalue weighted by Gasteiger charge is 2.11. The highest BCUT2D eigenvalue weighted by Crippen LogP contribution is 2.28. The number of aromatic hydroxyl groups is 1. The van der Waals surface area contributed by atoms with Crippen LogP contribution >= 0.6 is 0 Å². The van der Waals surface area contributed by atoms with Gasteiger partial charge in [-0.3, -0.25) is 0 Å². The van der Waals surface area contributed by atoms with Crippen molar-refractivity contribution in [3.63, 3.8) is 0 Å². The molecule has 2 aromatic rings. The summed E-state index contributed by atoms with van der Waals surface area (Å²) in [7, 11) is 3.06. The molecule has 0 spiro atoms. The van der Waals surface area contributed by atoms with E-state index in [2.05, 4.69) is 0 Å².